The van der Waals surface area contributed by atoms with Gasteiger partial charge in [-0.1, -0.05) is 92.9 Å². The van der Waals surface area contributed by atoms with E-state index in [0.717, 1.165) is 41.9 Å². The van der Waals surface area contributed by atoms with E-state index in [4.69, 9.17) is 9.47 Å². The van der Waals surface area contributed by atoms with E-state index >= 15 is 0 Å². The molecule has 3 aromatic rings. The predicted octanol–water partition coefficient (Wildman–Crippen LogP) is 6.17. The van der Waals surface area contributed by atoms with Crippen LogP contribution in [0.25, 0.3) is 0 Å². The van der Waals surface area contributed by atoms with Crippen molar-refractivity contribution in [2.75, 3.05) is 19.6 Å². The van der Waals surface area contributed by atoms with Crippen molar-refractivity contribution in [3.63, 3.8) is 0 Å². The van der Waals surface area contributed by atoms with E-state index in [9.17, 15) is 9.90 Å². The second-order valence-corrected chi connectivity index (χ2v) is 11.2. The number of amides is 1. The number of aliphatic hydroxyl groups is 1. The van der Waals surface area contributed by atoms with Crippen LogP contribution < -0.4 is 5.32 Å². The first kappa shape index (κ1) is 28.5. The SMILES string of the molecule is C[C@H]1[C@@H](CN2CCCCCCC2)O[C@@H](c2ccc(CNC(=O)c3ccccc3)cc2)O[C@H]1c1ccc(CO)cc1. The molecule has 3 aromatic carbocycles. The van der Waals surface area contributed by atoms with Crippen LogP contribution in [-0.2, 0) is 22.6 Å². The molecule has 0 spiro atoms. The highest BCUT2D eigenvalue weighted by Crippen LogP contribution is 2.42. The minimum absolute atomic E-state index is 0.0306. The molecule has 2 aliphatic rings. The number of hydrogen-bond donors (Lipinski definition) is 2. The van der Waals surface area contributed by atoms with Gasteiger partial charge in [0.1, 0.15) is 0 Å². The normalized spacial score (nSPS) is 24.1. The van der Waals surface area contributed by atoms with E-state index < -0.39 is 6.29 Å². The smallest absolute Gasteiger partial charge is 0.251 e. The van der Waals surface area contributed by atoms with Crippen molar-refractivity contribution in [2.45, 2.75) is 70.7 Å². The van der Waals surface area contributed by atoms with E-state index in [1.165, 1.54) is 32.1 Å². The molecule has 212 valence electrons. The minimum Gasteiger partial charge on any atom is -0.392 e. The van der Waals surface area contributed by atoms with Crippen LogP contribution in [0.4, 0.5) is 0 Å². The number of nitrogens with zero attached hydrogens (tertiary/aromatic N) is 1. The number of carbonyl (C=O) groups excluding carboxylic acids is 1. The Morgan fingerprint density at radius 1 is 0.825 bits per heavy atom. The third-order valence-electron chi connectivity index (χ3n) is 8.25. The lowest BCUT2D eigenvalue weighted by Crippen LogP contribution is -2.45. The maximum absolute atomic E-state index is 12.4. The summed E-state index contributed by atoms with van der Waals surface area (Å²) in [6.45, 7) is 5.86. The molecule has 40 heavy (non-hydrogen) atoms. The van der Waals surface area contributed by atoms with Crippen molar-refractivity contribution in [3.8, 4) is 0 Å². The number of nitrogens with one attached hydrogen (secondary N) is 1. The van der Waals surface area contributed by atoms with Crippen LogP contribution in [0.5, 0.6) is 0 Å². The zero-order valence-corrected chi connectivity index (χ0v) is 23.5. The van der Waals surface area contributed by atoms with Gasteiger partial charge < -0.3 is 24.8 Å². The second kappa shape index (κ2) is 14.0. The monoisotopic (exact) mass is 542 g/mol. The van der Waals surface area contributed by atoms with Crippen LogP contribution in [-0.4, -0.2) is 41.7 Å². The lowest BCUT2D eigenvalue weighted by molar-refractivity contribution is -0.276. The Morgan fingerprint density at radius 3 is 2.12 bits per heavy atom. The molecule has 0 bridgehead atoms. The molecule has 0 aliphatic carbocycles. The number of ether oxygens (including phenoxy) is 2. The van der Waals surface area contributed by atoms with Crippen LogP contribution in [0.1, 0.15) is 84.0 Å². The van der Waals surface area contributed by atoms with Crippen molar-refractivity contribution < 1.29 is 19.4 Å². The van der Waals surface area contributed by atoms with Gasteiger partial charge in [-0.25, -0.2) is 0 Å². The molecule has 6 heteroatoms. The lowest BCUT2D eigenvalue weighted by Gasteiger charge is -2.43. The van der Waals surface area contributed by atoms with Gasteiger partial charge in [-0.05, 0) is 54.8 Å². The summed E-state index contributed by atoms with van der Waals surface area (Å²) < 4.78 is 13.3. The summed E-state index contributed by atoms with van der Waals surface area (Å²) >= 11 is 0. The fourth-order valence-electron chi connectivity index (χ4n) is 5.74. The average Bonchev–Trinajstić information content (AvgIpc) is 2.99. The van der Waals surface area contributed by atoms with Gasteiger partial charge >= 0.3 is 0 Å². The van der Waals surface area contributed by atoms with Crippen LogP contribution in [0, 0.1) is 5.92 Å². The number of benzene rings is 3. The second-order valence-electron chi connectivity index (χ2n) is 11.2. The van der Waals surface area contributed by atoms with Crippen LogP contribution >= 0.6 is 0 Å². The molecule has 2 fully saturated rings. The molecule has 4 atom stereocenters. The van der Waals surface area contributed by atoms with Gasteiger partial charge in [0.05, 0.1) is 18.8 Å². The Labute approximate surface area is 238 Å². The van der Waals surface area contributed by atoms with Crippen molar-refractivity contribution in [2.24, 2.45) is 5.92 Å². The Balaban J connectivity index is 1.30. The highest BCUT2D eigenvalue weighted by Gasteiger charge is 2.39. The van der Waals surface area contributed by atoms with Gasteiger partial charge in [0.25, 0.3) is 5.91 Å². The highest BCUT2D eigenvalue weighted by atomic mass is 16.7. The number of aliphatic hydroxyl groups excluding tert-OH is 1. The molecule has 0 unspecified atom stereocenters. The Kier molecular flexibility index (Phi) is 10.0. The van der Waals surface area contributed by atoms with Gasteiger partial charge in [-0.3, -0.25) is 4.79 Å². The predicted molar refractivity (Wildman–Crippen MR) is 157 cm³/mol. The van der Waals surface area contributed by atoms with Crippen LogP contribution in [0.3, 0.4) is 0 Å². The lowest BCUT2D eigenvalue weighted by atomic mass is 9.89. The van der Waals surface area contributed by atoms with E-state index in [1.54, 1.807) is 0 Å². The largest absolute Gasteiger partial charge is 0.392 e. The van der Waals surface area contributed by atoms with Crippen molar-refractivity contribution in [1.82, 2.24) is 10.2 Å². The van der Waals surface area contributed by atoms with Crippen LogP contribution in [0.15, 0.2) is 78.9 Å². The average molecular weight is 543 g/mol. The van der Waals surface area contributed by atoms with E-state index in [1.807, 2.05) is 66.7 Å². The number of rotatable bonds is 8. The fraction of sp³-hybridized carbons (Fsp3) is 0.441. The standard InChI is InChI=1S/C34H42N2O4/c1-25-31(23-36-20-8-3-2-4-9-21-36)39-34(40-32(25)28-16-14-27(24-37)15-17-28)30-18-12-26(13-19-30)22-35-33(38)29-10-6-5-7-11-29/h5-7,10-19,25,31-32,34,37H,2-4,8-9,20-24H2,1H3,(H,35,38)/t25-,31+,32+,34+/m0/s1. The molecule has 0 aromatic heterocycles. The molecular weight excluding hydrogens is 500 g/mol. The third kappa shape index (κ3) is 7.38. The number of hydrogen-bond acceptors (Lipinski definition) is 5. The first-order chi connectivity index (χ1) is 19.6. The van der Waals surface area contributed by atoms with Gasteiger partial charge in [-0.15, -0.1) is 0 Å². The van der Waals surface area contributed by atoms with Crippen molar-refractivity contribution in [3.05, 3.63) is 107 Å². The quantitative estimate of drug-likeness (QED) is 0.356. The minimum atomic E-state index is -0.480. The molecule has 2 heterocycles. The van der Waals surface area contributed by atoms with Gasteiger partial charge in [0.2, 0.25) is 0 Å². The third-order valence-corrected chi connectivity index (χ3v) is 8.25. The van der Waals surface area contributed by atoms with E-state index in [0.29, 0.717) is 12.1 Å². The summed E-state index contributed by atoms with van der Waals surface area (Å²) in [5, 5.41) is 12.5. The summed E-state index contributed by atoms with van der Waals surface area (Å²) in [5.41, 5.74) is 4.65. The fourth-order valence-corrected chi connectivity index (χ4v) is 5.74. The molecule has 5 rings (SSSR count). The molecule has 2 N–H and O–H groups in total. The molecule has 0 saturated carbocycles. The Morgan fingerprint density at radius 2 is 1.45 bits per heavy atom. The summed E-state index contributed by atoms with van der Waals surface area (Å²) in [6, 6.07) is 25.5. The zero-order valence-electron chi connectivity index (χ0n) is 23.5. The summed E-state index contributed by atoms with van der Waals surface area (Å²) in [7, 11) is 0. The number of carbonyl (C=O) groups is 1. The first-order valence-electron chi connectivity index (χ1n) is 14.8. The van der Waals surface area contributed by atoms with Gasteiger partial charge in [0, 0.05) is 30.1 Å². The summed E-state index contributed by atoms with van der Waals surface area (Å²) in [4.78, 5) is 15.0. The Bertz CT molecular complexity index is 1190. The number of likely N-dealkylation sites (tertiary alicyclic amines) is 1. The highest BCUT2D eigenvalue weighted by molar-refractivity contribution is 5.94. The maximum Gasteiger partial charge on any atom is 0.251 e. The van der Waals surface area contributed by atoms with Gasteiger partial charge in [-0.2, -0.15) is 0 Å². The topological polar surface area (TPSA) is 71.0 Å². The first-order valence-corrected chi connectivity index (χ1v) is 14.8. The molecule has 1 amide bonds. The molecule has 6 nitrogen and oxygen atoms in total. The van der Waals surface area contributed by atoms with E-state index in [-0.39, 0.29) is 30.6 Å². The summed E-state index contributed by atoms with van der Waals surface area (Å²) in [6.07, 6.45) is 5.89. The van der Waals surface area contributed by atoms with Crippen molar-refractivity contribution in [1.29, 1.82) is 0 Å². The van der Waals surface area contributed by atoms with Gasteiger partial charge in [0.15, 0.2) is 6.29 Å². The molecule has 2 aliphatic heterocycles. The van der Waals surface area contributed by atoms with Crippen molar-refractivity contribution >= 4 is 5.91 Å². The van der Waals surface area contributed by atoms with E-state index in [2.05, 4.69) is 29.3 Å². The Hall–Kier alpha value is -3.03. The maximum atomic E-state index is 12.4. The molecular formula is C34H42N2O4. The molecule has 2 saturated heterocycles. The zero-order chi connectivity index (χ0) is 27.7. The summed E-state index contributed by atoms with van der Waals surface area (Å²) in [5.74, 6) is 0.0915. The molecule has 0 radical (unpaired) electrons. The van der Waals surface area contributed by atoms with Crippen LogP contribution in [0.2, 0.25) is 0 Å².